The Morgan fingerprint density at radius 1 is 1.42 bits per heavy atom. The van der Waals surface area contributed by atoms with Gasteiger partial charge in [-0.1, -0.05) is 0 Å². The van der Waals surface area contributed by atoms with Crippen molar-refractivity contribution >= 4 is 17.3 Å². The molecule has 0 saturated carbocycles. The highest BCUT2D eigenvalue weighted by molar-refractivity contribution is 5.91. The zero-order valence-electron chi connectivity index (χ0n) is 10.5. The first kappa shape index (κ1) is 13.6. The lowest BCUT2D eigenvalue weighted by Gasteiger charge is -2.33. The van der Waals surface area contributed by atoms with Crippen LogP contribution in [0.3, 0.4) is 0 Å². The van der Waals surface area contributed by atoms with Crippen LogP contribution in [0.15, 0.2) is 12.1 Å². The number of carbonyl (C=O) groups is 1. The molecule has 1 heterocycles. The summed E-state index contributed by atoms with van der Waals surface area (Å²) < 4.78 is 13.7. The third-order valence-corrected chi connectivity index (χ3v) is 3.56. The second-order valence-corrected chi connectivity index (χ2v) is 4.81. The van der Waals surface area contributed by atoms with Gasteiger partial charge < -0.3 is 20.8 Å². The van der Waals surface area contributed by atoms with E-state index in [-0.39, 0.29) is 18.2 Å². The summed E-state index contributed by atoms with van der Waals surface area (Å²) in [5.74, 6) is -1.82. The number of aliphatic hydroxyl groups excluding tert-OH is 1. The second-order valence-electron chi connectivity index (χ2n) is 4.81. The second kappa shape index (κ2) is 5.44. The molecule has 2 rings (SSSR count). The molecule has 0 unspecified atom stereocenters. The molecule has 1 aromatic carbocycles. The Bertz CT molecular complexity index is 485. The SMILES string of the molecule is Nc1cc(C(=O)O)c(F)cc1N1CCC(CO)CC1. The van der Waals surface area contributed by atoms with Crippen molar-refractivity contribution in [2.24, 2.45) is 5.92 Å². The van der Waals surface area contributed by atoms with Gasteiger partial charge in [0.25, 0.3) is 0 Å². The predicted molar refractivity (Wildman–Crippen MR) is 69.8 cm³/mol. The number of piperidine rings is 1. The van der Waals surface area contributed by atoms with E-state index in [0.29, 0.717) is 18.8 Å². The summed E-state index contributed by atoms with van der Waals surface area (Å²) >= 11 is 0. The third-order valence-electron chi connectivity index (χ3n) is 3.56. The van der Waals surface area contributed by atoms with Crippen LogP contribution in [0, 0.1) is 11.7 Å². The number of halogens is 1. The summed E-state index contributed by atoms with van der Waals surface area (Å²) in [6, 6.07) is 2.34. The Morgan fingerprint density at radius 2 is 2.05 bits per heavy atom. The summed E-state index contributed by atoms with van der Waals surface area (Å²) in [5, 5.41) is 17.9. The number of nitrogens with two attached hydrogens (primary N) is 1. The third kappa shape index (κ3) is 2.78. The summed E-state index contributed by atoms with van der Waals surface area (Å²) in [7, 11) is 0. The number of nitrogens with zero attached hydrogens (tertiary/aromatic N) is 1. The van der Waals surface area contributed by atoms with Crippen molar-refractivity contribution in [1.29, 1.82) is 0 Å². The van der Waals surface area contributed by atoms with Crippen LogP contribution >= 0.6 is 0 Å². The molecule has 104 valence electrons. The van der Waals surface area contributed by atoms with E-state index in [1.54, 1.807) is 0 Å². The van der Waals surface area contributed by atoms with E-state index < -0.39 is 17.3 Å². The summed E-state index contributed by atoms with van der Waals surface area (Å²) in [6.07, 6.45) is 1.64. The van der Waals surface area contributed by atoms with Gasteiger partial charge in [0.15, 0.2) is 0 Å². The minimum absolute atomic E-state index is 0.162. The zero-order valence-corrected chi connectivity index (χ0v) is 10.5. The number of carboxylic acid groups (broad SMARTS) is 1. The number of anilines is 2. The van der Waals surface area contributed by atoms with Gasteiger partial charge in [-0.05, 0) is 24.8 Å². The zero-order chi connectivity index (χ0) is 14.0. The highest BCUT2D eigenvalue weighted by atomic mass is 19.1. The highest BCUT2D eigenvalue weighted by Gasteiger charge is 2.22. The van der Waals surface area contributed by atoms with E-state index in [1.807, 2.05) is 4.90 Å². The van der Waals surface area contributed by atoms with E-state index in [1.165, 1.54) is 6.07 Å². The van der Waals surface area contributed by atoms with Crippen molar-refractivity contribution in [3.63, 3.8) is 0 Å². The molecule has 0 amide bonds. The van der Waals surface area contributed by atoms with Gasteiger partial charge in [0.05, 0.1) is 16.9 Å². The van der Waals surface area contributed by atoms with Gasteiger partial charge in [0, 0.05) is 25.8 Å². The van der Waals surface area contributed by atoms with Gasteiger partial charge in [0.2, 0.25) is 0 Å². The predicted octanol–water partition coefficient (Wildman–Crippen LogP) is 1.31. The topological polar surface area (TPSA) is 86.8 Å². The lowest BCUT2D eigenvalue weighted by molar-refractivity contribution is 0.0692. The quantitative estimate of drug-likeness (QED) is 0.720. The first-order valence-electron chi connectivity index (χ1n) is 6.21. The lowest BCUT2D eigenvalue weighted by Crippen LogP contribution is -2.35. The first-order chi connectivity index (χ1) is 9.02. The maximum Gasteiger partial charge on any atom is 0.338 e. The average molecular weight is 268 g/mol. The van der Waals surface area contributed by atoms with E-state index in [4.69, 9.17) is 15.9 Å². The van der Waals surface area contributed by atoms with Crippen molar-refractivity contribution < 1.29 is 19.4 Å². The molecule has 0 aliphatic carbocycles. The normalized spacial score (nSPS) is 16.6. The van der Waals surface area contributed by atoms with Crippen molar-refractivity contribution in [2.75, 3.05) is 30.3 Å². The van der Waals surface area contributed by atoms with Gasteiger partial charge in [-0.25, -0.2) is 9.18 Å². The molecule has 0 spiro atoms. The van der Waals surface area contributed by atoms with Gasteiger partial charge in [-0.15, -0.1) is 0 Å². The fourth-order valence-corrected chi connectivity index (χ4v) is 2.37. The molecule has 0 radical (unpaired) electrons. The number of aliphatic hydroxyl groups is 1. The minimum Gasteiger partial charge on any atom is -0.478 e. The Hall–Kier alpha value is -1.82. The van der Waals surface area contributed by atoms with Crippen LogP contribution < -0.4 is 10.6 Å². The van der Waals surface area contributed by atoms with E-state index in [2.05, 4.69) is 0 Å². The number of hydrogen-bond donors (Lipinski definition) is 3. The van der Waals surface area contributed by atoms with E-state index in [0.717, 1.165) is 18.9 Å². The van der Waals surface area contributed by atoms with Crippen molar-refractivity contribution in [1.82, 2.24) is 0 Å². The van der Waals surface area contributed by atoms with Gasteiger partial charge in [-0.3, -0.25) is 0 Å². The van der Waals surface area contributed by atoms with Crippen LogP contribution in [-0.2, 0) is 0 Å². The van der Waals surface area contributed by atoms with Gasteiger partial charge in [-0.2, -0.15) is 0 Å². The average Bonchev–Trinajstić information content (AvgIpc) is 2.41. The Labute approximate surface area is 110 Å². The van der Waals surface area contributed by atoms with E-state index in [9.17, 15) is 9.18 Å². The van der Waals surface area contributed by atoms with Crippen LogP contribution in [0.4, 0.5) is 15.8 Å². The summed E-state index contributed by atoms with van der Waals surface area (Å²) in [6.45, 7) is 1.53. The number of benzene rings is 1. The number of carboxylic acids is 1. The van der Waals surface area contributed by atoms with Crippen LogP contribution in [0.1, 0.15) is 23.2 Å². The van der Waals surface area contributed by atoms with E-state index >= 15 is 0 Å². The van der Waals surface area contributed by atoms with Crippen LogP contribution in [0.25, 0.3) is 0 Å². The monoisotopic (exact) mass is 268 g/mol. The number of hydrogen-bond acceptors (Lipinski definition) is 4. The molecule has 4 N–H and O–H groups in total. The smallest absolute Gasteiger partial charge is 0.338 e. The first-order valence-corrected chi connectivity index (χ1v) is 6.21. The Morgan fingerprint density at radius 3 is 2.58 bits per heavy atom. The summed E-state index contributed by atoms with van der Waals surface area (Å²) in [4.78, 5) is 12.7. The van der Waals surface area contributed by atoms with Gasteiger partial charge in [0.1, 0.15) is 5.82 Å². The molecule has 5 nitrogen and oxygen atoms in total. The lowest BCUT2D eigenvalue weighted by atomic mass is 9.97. The molecule has 0 aromatic heterocycles. The molecule has 19 heavy (non-hydrogen) atoms. The van der Waals surface area contributed by atoms with Crippen LogP contribution in [0.5, 0.6) is 0 Å². The highest BCUT2D eigenvalue weighted by Crippen LogP contribution is 2.30. The van der Waals surface area contributed by atoms with Crippen molar-refractivity contribution in [3.05, 3.63) is 23.5 Å². The molecule has 1 fully saturated rings. The fraction of sp³-hybridized carbons (Fsp3) is 0.462. The van der Waals surface area contributed by atoms with Crippen LogP contribution in [-0.4, -0.2) is 35.9 Å². The summed E-state index contributed by atoms with van der Waals surface area (Å²) in [5.41, 5.74) is 6.19. The number of aromatic carboxylic acids is 1. The number of rotatable bonds is 3. The molecule has 1 saturated heterocycles. The fourth-order valence-electron chi connectivity index (χ4n) is 2.37. The molecule has 1 aliphatic heterocycles. The van der Waals surface area contributed by atoms with Gasteiger partial charge >= 0.3 is 5.97 Å². The maximum absolute atomic E-state index is 13.7. The number of nitrogen functional groups attached to an aromatic ring is 1. The molecule has 0 bridgehead atoms. The van der Waals surface area contributed by atoms with Crippen molar-refractivity contribution in [2.45, 2.75) is 12.8 Å². The Kier molecular flexibility index (Phi) is 3.90. The standard InChI is InChI=1S/C13H17FN2O3/c14-10-6-12(11(15)5-9(10)13(18)19)16-3-1-8(7-17)2-4-16/h5-6,8,17H,1-4,7,15H2,(H,18,19). The molecule has 1 aliphatic rings. The Balaban J connectivity index is 2.22. The van der Waals surface area contributed by atoms with Crippen molar-refractivity contribution in [3.8, 4) is 0 Å². The maximum atomic E-state index is 13.7. The molecular formula is C13H17FN2O3. The van der Waals surface area contributed by atoms with Crippen LogP contribution in [0.2, 0.25) is 0 Å². The molecule has 6 heteroatoms. The molecule has 1 aromatic rings. The largest absolute Gasteiger partial charge is 0.478 e. The minimum atomic E-state index is -1.32. The molecular weight excluding hydrogens is 251 g/mol. The molecule has 0 atom stereocenters.